The van der Waals surface area contributed by atoms with Crippen molar-refractivity contribution in [2.75, 3.05) is 5.32 Å². The van der Waals surface area contributed by atoms with E-state index in [9.17, 15) is 5.11 Å². The van der Waals surface area contributed by atoms with Crippen molar-refractivity contribution in [1.29, 1.82) is 0 Å². The van der Waals surface area contributed by atoms with Gasteiger partial charge in [0, 0.05) is 18.7 Å². The maximum atomic E-state index is 9.88. The molecule has 1 aromatic heterocycles. The van der Waals surface area contributed by atoms with Gasteiger partial charge in [0.15, 0.2) is 0 Å². The number of pyridine rings is 1. The molecule has 2 N–H and O–H groups in total. The van der Waals surface area contributed by atoms with Crippen LogP contribution in [-0.4, -0.2) is 22.3 Å². The first kappa shape index (κ1) is 15.5. The van der Waals surface area contributed by atoms with Crippen molar-refractivity contribution in [3.8, 4) is 5.75 Å². The summed E-state index contributed by atoms with van der Waals surface area (Å²) in [5, 5.41) is 13.4. The second-order valence-corrected chi connectivity index (χ2v) is 7.07. The van der Waals surface area contributed by atoms with Gasteiger partial charge in [0.1, 0.15) is 17.7 Å². The third-order valence-corrected chi connectivity index (χ3v) is 5.29. The van der Waals surface area contributed by atoms with Gasteiger partial charge >= 0.3 is 0 Å². The van der Waals surface area contributed by atoms with Crippen LogP contribution in [0.4, 0.5) is 5.82 Å². The van der Waals surface area contributed by atoms with Crippen molar-refractivity contribution in [2.45, 2.75) is 50.9 Å². The van der Waals surface area contributed by atoms with E-state index in [4.69, 9.17) is 4.74 Å². The maximum absolute atomic E-state index is 9.88. The first-order chi connectivity index (χ1) is 11.7. The number of hydrogen-bond acceptors (Lipinski definition) is 4. The van der Waals surface area contributed by atoms with Gasteiger partial charge in [-0.05, 0) is 42.4 Å². The number of nitrogens with zero attached hydrogens (tertiary/aromatic N) is 1. The van der Waals surface area contributed by atoms with Crippen molar-refractivity contribution in [1.82, 2.24) is 4.98 Å². The molecule has 2 aliphatic rings. The van der Waals surface area contributed by atoms with Gasteiger partial charge in [-0.2, -0.15) is 0 Å². The number of aliphatic hydroxyl groups is 1. The Kier molecular flexibility index (Phi) is 4.15. The minimum atomic E-state index is -0.246. The van der Waals surface area contributed by atoms with E-state index in [-0.39, 0.29) is 12.2 Å². The zero-order valence-corrected chi connectivity index (χ0v) is 14.0. The average Bonchev–Trinajstić information content (AvgIpc) is 3.12. The number of hydrogen-bond donors (Lipinski definition) is 2. The number of benzene rings is 1. The molecule has 24 heavy (non-hydrogen) atoms. The van der Waals surface area contributed by atoms with Crippen LogP contribution in [0.25, 0.3) is 0 Å². The van der Waals surface area contributed by atoms with Gasteiger partial charge in [0.25, 0.3) is 0 Å². The largest absolute Gasteiger partial charge is 0.490 e. The Bertz CT molecular complexity index is 708. The van der Waals surface area contributed by atoms with Gasteiger partial charge in [-0.1, -0.05) is 31.2 Å². The van der Waals surface area contributed by atoms with Crippen LogP contribution >= 0.6 is 0 Å². The van der Waals surface area contributed by atoms with Gasteiger partial charge in [-0.3, -0.25) is 0 Å². The fourth-order valence-corrected chi connectivity index (χ4v) is 3.91. The molecule has 2 aromatic rings. The molecule has 1 fully saturated rings. The molecule has 0 bridgehead atoms. The summed E-state index contributed by atoms with van der Waals surface area (Å²) in [7, 11) is 0. The second-order valence-electron chi connectivity index (χ2n) is 7.07. The lowest BCUT2D eigenvalue weighted by atomic mass is 10.1. The Morgan fingerprint density at radius 2 is 2.08 bits per heavy atom. The molecular weight excluding hydrogens is 300 g/mol. The standard InChI is InChI=1S/C20H24N2O2/c1-13-10-16(11-19(13)23)24-15-8-9-21-20(12-15)22-18-7-6-14-4-2-3-5-17(14)18/h2-5,8-9,12-13,16,18-19,23H,6-7,10-11H2,1H3,(H,21,22)/t13-,16+,18-,19-/m0/s1. The highest BCUT2D eigenvalue weighted by Gasteiger charge is 2.31. The van der Waals surface area contributed by atoms with Crippen LogP contribution in [0.2, 0.25) is 0 Å². The van der Waals surface area contributed by atoms with Gasteiger partial charge in [-0.25, -0.2) is 4.98 Å². The SMILES string of the molecule is C[C@H]1C[C@@H](Oc2ccnc(N[C@H]3CCc4ccccc43)c2)C[C@@H]1O. The molecule has 126 valence electrons. The van der Waals surface area contributed by atoms with Crippen molar-refractivity contribution < 1.29 is 9.84 Å². The van der Waals surface area contributed by atoms with Crippen molar-refractivity contribution in [2.24, 2.45) is 5.92 Å². The minimum Gasteiger partial charge on any atom is -0.490 e. The lowest BCUT2D eigenvalue weighted by molar-refractivity contribution is 0.130. The van der Waals surface area contributed by atoms with E-state index in [0.717, 1.165) is 30.8 Å². The summed E-state index contributed by atoms with van der Waals surface area (Å²) in [6, 6.07) is 12.8. The minimum absolute atomic E-state index is 0.0949. The van der Waals surface area contributed by atoms with E-state index in [0.29, 0.717) is 18.4 Å². The Labute approximate surface area is 142 Å². The number of fused-ring (bicyclic) bond motifs is 1. The zero-order valence-electron chi connectivity index (χ0n) is 14.0. The molecule has 4 nitrogen and oxygen atoms in total. The van der Waals surface area contributed by atoms with Gasteiger partial charge in [0.05, 0.1) is 12.1 Å². The summed E-state index contributed by atoms with van der Waals surface area (Å²) in [4.78, 5) is 4.44. The molecule has 0 radical (unpaired) electrons. The quantitative estimate of drug-likeness (QED) is 0.900. The predicted molar refractivity (Wildman–Crippen MR) is 94.2 cm³/mol. The van der Waals surface area contributed by atoms with E-state index in [1.807, 2.05) is 12.1 Å². The lowest BCUT2D eigenvalue weighted by Crippen LogP contribution is -2.14. The van der Waals surface area contributed by atoms with E-state index >= 15 is 0 Å². The maximum Gasteiger partial charge on any atom is 0.130 e. The predicted octanol–water partition coefficient (Wildman–Crippen LogP) is 3.72. The Morgan fingerprint density at radius 3 is 2.92 bits per heavy atom. The molecular formula is C20H24N2O2. The van der Waals surface area contributed by atoms with Gasteiger partial charge in [0.2, 0.25) is 0 Å². The van der Waals surface area contributed by atoms with Crippen LogP contribution in [0.3, 0.4) is 0 Å². The molecule has 0 saturated heterocycles. The topological polar surface area (TPSA) is 54.4 Å². The number of anilines is 1. The number of rotatable bonds is 4. The highest BCUT2D eigenvalue weighted by atomic mass is 16.5. The highest BCUT2D eigenvalue weighted by molar-refractivity contribution is 5.46. The van der Waals surface area contributed by atoms with Crippen LogP contribution < -0.4 is 10.1 Å². The fraction of sp³-hybridized carbons (Fsp3) is 0.450. The molecule has 0 unspecified atom stereocenters. The van der Waals surface area contributed by atoms with Crippen LogP contribution in [0.1, 0.15) is 43.4 Å². The summed E-state index contributed by atoms with van der Waals surface area (Å²) < 4.78 is 6.05. The number of aromatic nitrogens is 1. The molecule has 4 rings (SSSR count). The molecule has 0 amide bonds. The molecule has 0 spiro atoms. The molecule has 0 aliphatic heterocycles. The molecule has 1 saturated carbocycles. The van der Waals surface area contributed by atoms with E-state index in [1.165, 1.54) is 11.1 Å². The molecule has 4 heteroatoms. The molecule has 2 aliphatic carbocycles. The molecule has 1 aromatic carbocycles. The first-order valence-electron chi connectivity index (χ1n) is 8.84. The lowest BCUT2D eigenvalue weighted by Gasteiger charge is -2.17. The Morgan fingerprint density at radius 1 is 1.21 bits per heavy atom. The number of aliphatic hydroxyl groups excluding tert-OH is 1. The second kappa shape index (κ2) is 6.44. The number of nitrogens with one attached hydrogen (secondary N) is 1. The van der Waals surface area contributed by atoms with E-state index in [2.05, 4.69) is 41.5 Å². The van der Waals surface area contributed by atoms with E-state index < -0.39 is 0 Å². The van der Waals surface area contributed by atoms with Crippen LogP contribution in [0, 0.1) is 5.92 Å². The third kappa shape index (κ3) is 3.11. The number of aryl methyl sites for hydroxylation is 1. The normalized spacial score (nSPS) is 28.6. The molecule has 4 atom stereocenters. The summed E-state index contributed by atoms with van der Waals surface area (Å²) in [5.74, 6) is 1.98. The van der Waals surface area contributed by atoms with Gasteiger partial charge < -0.3 is 15.2 Å². The fourth-order valence-electron chi connectivity index (χ4n) is 3.91. The summed E-state index contributed by atoms with van der Waals surface area (Å²) in [6.07, 6.45) is 5.46. The van der Waals surface area contributed by atoms with Crippen molar-refractivity contribution >= 4 is 5.82 Å². The zero-order chi connectivity index (χ0) is 16.5. The van der Waals surface area contributed by atoms with E-state index in [1.54, 1.807) is 6.20 Å². The Hall–Kier alpha value is -2.07. The summed E-state index contributed by atoms with van der Waals surface area (Å²) >= 11 is 0. The number of ether oxygens (including phenoxy) is 1. The van der Waals surface area contributed by atoms with Crippen LogP contribution in [-0.2, 0) is 6.42 Å². The summed E-state index contributed by atoms with van der Waals surface area (Å²) in [6.45, 7) is 2.07. The Balaban J connectivity index is 1.44. The first-order valence-corrected chi connectivity index (χ1v) is 8.84. The van der Waals surface area contributed by atoms with Crippen molar-refractivity contribution in [3.05, 3.63) is 53.7 Å². The van der Waals surface area contributed by atoms with Crippen molar-refractivity contribution in [3.63, 3.8) is 0 Å². The molecule has 1 heterocycles. The summed E-state index contributed by atoms with van der Waals surface area (Å²) in [5.41, 5.74) is 2.80. The van der Waals surface area contributed by atoms with Gasteiger partial charge in [-0.15, -0.1) is 0 Å². The smallest absolute Gasteiger partial charge is 0.130 e. The third-order valence-electron chi connectivity index (χ3n) is 5.29. The highest BCUT2D eigenvalue weighted by Crippen LogP contribution is 2.34. The van der Waals surface area contributed by atoms with Crippen LogP contribution in [0.15, 0.2) is 42.6 Å². The average molecular weight is 324 g/mol. The monoisotopic (exact) mass is 324 g/mol. The van der Waals surface area contributed by atoms with Crippen LogP contribution in [0.5, 0.6) is 5.75 Å².